The average Bonchev–Trinajstić information content (AvgIpc) is 3.28. The molecule has 1 aromatic heterocycles. The standard InChI is InChI=1S/C23H28N2O6/c1-14-7-9-17(31-14)20-19(22(27)23(28)25(20)12-6-11-24(2)3)21(26)15-8-10-16(29-4)18(13-15)30-5/h7-10,13,20,26H,6,11-12H2,1-5H3. The fourth-order valence-electron chi connectivity index (χ4n) is 3.70. The van der Waals surface area contributed by atoms with Crippen LogP contribution in [-0.4, -0.2) is 68.0 Å². The summed E-state index contributed by atoms with van der Waals surface area (Å²) in [5.74, 6) is 0.298. The Balaban J connectivity index is 2.09. The maximum atomic E-state index is 13.0. The number of ether oxygens (including phenoxy) is 2. The molecule has 1 aliphatic rings. The Bertz CT molecular complexity index is 1010. The molecule has 1 amide bonds. The minimum atomic E-state index is -0.802. The molecule has 8 nitrogen and oxygen atoms in total. The van der Waals surface area contributed by atoms with Crippen LogP contribution >= 0.6 is 0 Å². The van der Waals surface area contributed by atoms with Crippen LogP contribution in [0.25, 0.3) is 5.76 Å². The van der Waals surface area contributed by atoms with E-state index in [1.807, 2.05) is 19.0 Å². The molecule has 1 unspecified atom stereocenters. The molecule has 0 aliphatic carbocycles. The fourth-order valence-corrected chi connectivity index (χ4v) is 3.70. The van der Waals surface area contributed by atoms with Crippen molar-refractivity contribution in [1.29, 1.82) is 0 Å². The summed E-state index contributed by atoms with van der Waals surface area (Å²) in [4.78, 5) is 29.3. The van der Waals surface area contributed by atoms with E-state index in [9.17, 15) is 14.7 Å². The fraction of sp³-hybridized carbons (Fsp3) is 0.391. The minimum absolute atomic E-state index is 0.00331. The lowest BCUT2D eigenvalue weighted by Crippen LogP contribution is -2.32. The Kier molecular flexibility index (Phi) is 6.70. The van der Waals surface area contributed by atoms with Gasteiger partial charge in [0, 0.05) is 12.1 Å². The van der Waals surface area contributed by atoms with Crippen LogP contribution in [0.2, 0.25) is 0 Å². The van der Waals surface area contributed by atoms with Gasteiger partial charge >= 0.3 is 0 Å². The molecule has 8 heteroatoms. The summed E-state index contributed by atoms with van der Waals surface area (Å²) in [6.07, 6.45) is 0.673. The van der Waals surface area contributed by atoms with Crippen LogP contribution in [0.5, 0.6) is 11.5 Å². The van der Waals surface area contributed by atoms with Gasteiger partial charge in [0.2, 0.25) is 0 Å². The zero-order chi connectivity index (χ0) is 22.7. The van der Waals surface area contributed by atoms with Crippen molar-refractivity contribution in [2.75, 3.05) is 41.4 Å². The number of carbonyl (C=O) groups excluding carboxylic acids is 2. The molecule has 1 saturated heterocycles. The Morgan fingerprint density at radius 3 is 2.42 bits per heavy atom. The van der Waals surface area contributed by atoms with Gasteiger partial charge in [-0.2, -0.15) is 0 Å². The van der Waals surface area contributed by atoms with Crippen LogP contribution in [0.1, 0.15) is 29.5 Å². The number of furan rings is 1. The van der Waals surface area contributed by atoms with E-state index < -0.39 is 17.7 Å². The second-order valence-electron chi connectivity index (χ2n) is 7.67. The van der Waals surface area contributed by atoms with Gasteiger partial charge < -0.3 is 28.8 Å². The second kappa shape index (κ2) is 9.26. The monoisotopic (exact) mass is 428 g/mol. The first-order valence-corrected chi connectivity index (χ1v) is 10.00. The molecular formula is C23H28N2O6. The molecule has 31 heavy (non-hydrogen) atoms. The normalized spacial score (nSPS) is 18.1. The number of carbonyl (C=O) groups is 2. The van der Waals surface area contributed by atoms with Crippen molar-refractivity contribution >= 4 is 17.4 Å². The van der Waals surface area contributed by atoms with Crippen LogP contribution in [-0.2, 0) is 9.59 Å². The predicted octanol–water partition coefficient (Wildman–Crippen LogP) is 2.98. The molecule has 1 fully saturated rings. The first-order valence-electron chi connectivity index (χ1n) is 10.00. The second-order valence-corrected chi connectivity index (χ2v) is 7.67. The molecule has 1 atom stereocenters. The maximum Gasteiger partial charge on any atom is 0.295 e. The van der Waals surface area contributed by atoms with E-state index in [1.165, 1.54) is 19.1 Å². The van der Waals surface area contributed by atoms with Gasteiger partial charge in [-0.1, -0.05) is 0 Å². The van der Waals surface area contributed by atoms with E-state index in [0.29, 0.717) is 41.5 Å². The van der Waals surface area contributed by atoms with Crippen molar-refractivity contribution in [3.63, 3.8) is 0 Å². The number of likely N-dealkylation sites (tertiary alicyclic amines) is 1. The molecule has 2 aromatic rings. The molecule has 0 saturated carbocycles. The number of aliphatic hydroxyl groups excluding tert-OH is 1. The van der Waals surface area contributed by atoms with Crippen LogP contribution < -0.4 is 9.47 Å². The maximum absolute atomic E-state index is 13.0. The number of ketones is 1. The number of Topliss-reactive ketones (excluding diaryl/α,β-unsaturated/α-hetero) is 1. The number of aryl methyl sites for hydroxylation is 1. The zero-order valence-corrected chi connectivity index (χ0v) is 18.5. The highest BCUT2D eigenvalue weighted by Gasteiger charge is 2.47. The van der Waals surface area contributed by atoms with Gasteiger partial charge in [0.25, 0.3) is 11.7 Å². The molecule has 0 spiro atoms. The lowest BCUT2D eigenvalue weighted by atomic mass is 9.99. The topological polar surface area (TPSA) is 92.5 Å². The highest BCUT2D eigenvalue weighted by Crippen LogP contribution is 2.41. The summed E-state index contributed by atoms with van der Waals surface area (Å²) in [5, 5.41) is 11.1. The Morgan fingerprint density at radius 1 is 1.13 bits per heavy atom. The quantitative estimate of drug-likeness (QED) is 0.393. The molecule has 1 aliphatic heterocycles. The third kappa shape index (κ3) is 4.44. The Morgan fingerprint density at radius 2 is 1.84 bits per heavy atom. The summed E-state index contributed by atoms with van der Waals surface area (Å²) in [6, 6.07) is 7.51. The van der Waals surface area contributed by atoms with Gasteiger partial charge in [0.15, 0.2) is 11.5 Å². The number of nitrogens with zero attached hydrogens (tertiary/aromatic N) is 2. The number of rotatable bonds is 8. The lowest BCUT2D eigenvalue weighted by Gasteiger charge is -2.24. The number of hydrogen-bond donors (Lipinski definition) is 1. The van der Waals surface area contributed by atoms with Gasteiger partial charge in [-0.3, -0.25) is 9.59 Å². The Hall–Kier alpha value is -3.26. The van der Waals surface area contributed by atoms with Crippen molar-refractivity contribution < 1.29 is 28.6 Å². The molecule has 166 valence electrons. The minimum Gasteiger partial charge on any atom is -0.507 e. The lowest BCUT2D eigenvalue weighted by molar-refractivity contribution is -0.140. The number of amides is 1. The first-order chi connectivity index (χ1) is 14.8. The smallest absolute Gasteiger partial charge is 0.295 e. The summed E-state index contributed by atoms with van der Waals surface area (Å²) in [5.41, 5.74) is 0.341. The number of hydrogen-bond acceptors (Lipinski definition) is 7. The summed E-state index contributed by atoms with van der Waals surface area (Å²) < 4.78 is 16.3. The third-order valence-corrected chi connectivity index (χ3v) is 5.23. The largest absolute Gasteiger partial charge is 0.507 e. The SMILES string of the molecule is COc1ccc(C(O)=C2C(=O)C(=O)N(CCCN(C)C)C2c2ccc(C)o2)cc1OC. The number of benzene rings is 1. The molecule has 1 N–H and O–H groups in total. The number of aliphatic hydroxyl groups is 1. The van der Waals surface area contributed by atoms with E-state index in [1.54, 1.807) is 37.3 Å². The third-order valence-electron chi connectivity index (χ3n) is 5.23. The molecule has 1 aromatic carbocycles. The van der Waals surface area contributed by atoms with Crippen LogP contribution in [0.4, 0.5) is 0 Å². The number of methoxy groups -OCH3 is 2. The molecule has 2 heterocycles. The highest BCUT2D eigenvalue weighted by molar-refractivity contribution is 6.46. The van der Waals surface area contributed by atoms with Crippen molar-refractivity contribution in [2.45, 2.75) is 19.4 Å². The van der Waals surface area contributed by atoms with Crippen LogP contribution in [0.15, 0.2) is 40.3 Å². The van der Waals surface area contributed by atoms with Crippen molar-refractivity contribution in [2.24, 2.45) is 0 Å². The van der Waals surface area contributed by atoms with Gasteiger partial charge in [0.05, 0.1) is 19.8 Å². The molecule has 0 bridgehead atoms. The van der Waals surface area contributed by atoms with E-state index >= 15 is 0 Å². The summed E-state index contributed by atoms with van der Waals surface area (Å²) >= 11 is 0. The van der Waals surface area contributed by atoms with E-state index in [4.69, 9.17) is 13.9 Å². The summed E-state index contributed by atoms with van der Waals surface area (Å²) in [7, 11) is 6.88. The average molecular weight is 428 g/mol. The van der Waals surface area contributed by atoms with Gasteiger partial charge in [-0.05, 0) is 64.3 Å². The van der Waals surface area contributed by atoms with Gasteiger partial charge in [-0.15, -0.1) is 0 Å². The highest BCUT2D eigenvalue weighted by atomic mass is 16.5. The van der Waals surface area contributed by atoms with Crippen LogP contribution in [0.3, 0.4) is 0 Å². The van der Waals surface area contributed by atoms with E-state index in [-0.39, 0.29) is 11.3 Å². The van der Waals surface area contributed by atoms with Crippen molar-refractivity contribution in [1.82, 2.24) is 9.80 Å². The van der Waals surface area contributed by atoms with E-state index in [2.05, 4.69) is 0 Å². The van der Waals surface area contributed by atoms with Gasteiger partial charge in [-0.25, -0.2) is 0 Å². The van der Waals surface area contributed by atoms with Crippen LogP contribution in [0, 0.1) is 6.92 Å². The molecular weight excluding hydrogens is 400 g/mol. The Labute approximate surface area is 181 Å². The van der Waals surface area contributed by atoms with Gasteiger partial charge in [0.1, 0.15) is 23.3 Å². The summed E-state index contributed by atoms with van der Waals surface area (Å²) in [6.45, 7) is 2.90. The predicted molar refractivity (Wildman–Crippen MR) is 115 cm³/mol. The van der Waals surface area contributed by atoms with Crippen molar-refractivity contribution in [3.8, 4) is 11.5 Å². The van der Waals surface area contributed by atoms with E-state index in [0.717, 1.165) is 6.54 Å². The zero-order valence-electron chi connectivity index (χ0n) is 18.5. The first kappa shape index (κ1) is 22.4. The molecule has 0 radical (unpaired) electrons. The van der Waals surface area contributed by atoms with Crippen molar-refractivity contribution in [3.05, 3.63) is 53.0 Å². The molecule has 3 rings (SSSR count).